The number of hydrogen-bond acceptors (Lipinski definition) is 5. The Morgan fingerprint density at radius 2 is 1.95 bits per heavy atom. The lowest BCUT2D eigenvalue weighted by molar-refractivity contribution is 0.418. The average molecular weight is 292 g/mol. The maximum absolute atomic E-state index is 12.9. The van der Waals surface area contributed by atoms with Crippen LogP contribution >= 0.6 is 11.8 Å². The SMILES string of the molecule is CSc1ncc(Cc2ccc(F)cc2)cn[nH]c(O)n1. The average Bonchev–Trinajstić information content (AvgIpc) is 2.52. The molecule has 0 fully saturated rings. The van der Waals surface area contributed by atoms with Crippen LogP contribution in [0.15, 0.2) is 41.8 Å². The summed E-state index contributed by atoms with van der Waals surface area (Å²) in [5.41, 5.74) is 1.75. The largest absolute Gasteiger partial charge is 0.479 e. The molecule has 0 saturated heterocycles. The molecule has 1 aromatic heterocycles. The van der Waals surface area contributed by atoms with E-state index in [1.807, 2.05) is 6.26 Å². The Morgan fingerprint density at radius 1 is 1.20 bits per heavy atom. The molecule has 7 heteroatoms. The van der Waals surface area contributed by atoms with E-state index in [1.165, 1.54) is 23.9 Å². The van der Waals surface area contributed by atoms with Crippen LogP contribution < -0.4 is 0 Å². The summed E-state index contributed by atoms with van der Waals surface area (Å²) in [6, 6.07) is 5.91. The number of aromatic hydroxyl groups is 1. The zero-order valence-electron chi connectivity index (χ0n) is 10.7. The molecule has 0 aliphatic carbocycles. The van der Waals surface area contributed by atoms with Crippen molar-refractivity contribution >= 4 is 11.8 Å². The van der Waals surface area contributed by atoms with Gasteiger partial charge in [0, 0.05) is 12.6 Å². The fraction of sp³-hybridized carbons (Fsp3) is 0.154. The summed E-state index contributed by atoms with van der Waals surface area (Å²) < 4.78 is 12.9. The number of thioether (sulfide) groups is 1. The number of halogens is 1. The first-order valence-electron chi connectivity index (χ1n) is 5.79. The third-order valence-corrected chi connectivity index (χ3v) is 3.00. The Balaban J connectivity index is 2.34. The minimum Gasteiger partial charge on any atom is -0.479 e. The summed E-state index contributed by atoms with van der Waals surface area (Å²) in [4.78, 5) is 8.01. The number of nitrogens with zero attached hydrogens (tertiary/aromatic N) is 3. The van der Waals surface area contributed by atoms with Gasteiger partial charge in [-0.1, -0.05) is 23.9 Å². The molecule has 1 heterocycles. The van der Waals surface area contributed by atoms with E-state index in [2.05, 4.69) is 20.2 Å². The molecule has 2 N–H and O–H groups in total. The summed E-state index contributed by atoms with van der Waals surface area (Å²) in [6.45, 7) is 0. The number of aromatic nitrogens is 4. The van der Waals surface area contributed by atoms with Gasteiger partial charge in [-0.15, -0.1) is 0 Å². The van der Waals surface area contributed by atoms with Crippen LogP contribution in [0.3, 0.4) is 0 Å². The normalized spacial score (nSPS) is 10.1. The van der Waals surface area contributed by atoms with Gasteiger partial charge < -0.3 is 5.11 Å². The van der Waals surface area contributed by atoms with Crippen LogP contribution in [0.2, 0.25) is 0 Å². The van der Waals surface area contributed by atoms with Crippen LogP contribution in [0.4, 0.5) is 4.39 Å². The van der Waals surface area contributed by atoms with Gasteiger partial charge in [-0.3, -0.25) is 0 Å². The van der Waals surface area contributed by atoms with Gasteiger partial charge in [-0.2, -0.15) is 10.1 Å². The third kappa shape index (κ3) is 4.20. The predicted molar refractivity (Wildman–Crippen MR) is 74.5 cm³/mol. The molecular weight excluding hydrogens is 279 g/mol. The fourth-order valence-corrected chi connectivity index (χ4v) is 1.85. The van der Waals surface area contributed by atoms with E-state index in [4.69, 9.17) is 0 Å². The van der Waals surface area contributed by atoms with Gasteiger partial charge in [0.15, 0.2) is 5.16 Å². The van der Waals surface area contributed by atoms with Crippen molar-refractivity contribution < 1.29 is 9.50 Å². The Hall–Kier alpha value is -2.15. The van der Waals surface area contributed by atoms with Gasteiger partial charge in [0.2, 0.25) is 0 Å². The number of H-pyrrole nitrogens is 1. The number of nitrogens with one attached hydrogen (secondary N) is 1. The molecule has 0 atom stereocenters. The quantitative estimate of drug-likeness (QED) is 0.850. The summed E-state index contributed by atoms with van der Waals surface area (Å²) in [6.07, 6.45) is 5.53. The Labute approximate surface area is 119 Å². The molecule has 0 spiro atoms. The highest BCUT2D eigenvalue weighted by molar-refractivity contribution is 7.98. The van der Waals surface area contributed by atoms with Crippen LogP contribution in [-0.2, 0) is 6.42 Å². The summed E-state index contributed by atoms with van der Waals surface area (Å²) in [7, 11) is 0. The second-order valence-electron chi connectivity index (χ2n) is 3.93. The van der Waals surface area contributed by atoms with Crippen molar-refractivity contribution in [2.45, 2.75) is 11.6 Å². The molecule has 0 aliphatic rings. The van der Waals surface area contributed by atoms with Crippen molar-refractivity contribution in [3.63, 3.8) is 0 Å². The smallest absolute Gasteiger partial charge is 0.310 e. The lowest BCUT2D eigenvalue weighted by Crippen LogP contribution is -1.89. The Bertz CT molecular complexity index is 629. The summed E-state index contributed by atoms with van der Waals surface area (Å²) >= 11 is 1.30. The number of aromatic amines is 1. The number of benzene rings is 1. The van der Waals surface area contributed by atoms with Gasteiger partial charge in [0.25, 0.3) is 0 Å². The molecule has 0 unspecified atom stereocenters. The minimum atomic E-state index is -0.314. The summed E-state index contributed by atoms with van der Waals surface area (Å²) in [5.74, 6) is -0.270. The van der Waals surface area contributed by atoms with E-state index in [9.17, 15) is 9.50 Å². The van der Waals surface area contributed by atoms with E-state index < -0.39 is 0 Å². The van der Waals surface area contributed by atoms with Crippen LogP contribution in [-0.4, -0.2) is 31.5 Å². The molecule has 0 amide bonds. The van der Waals surface area contributed by atoms with Crippen molar-refractivity contribution in [2.75, 3.05) is 6.26 Å². The van der Waals surface area contributed by atoms with E-state index in [-0.39, 0.29) is 11.8 Å². The predicted octanol–water partition coefficient (Wildman–Crippen LogP) is 2.48. The van der Waals surface area contributed by atoms with E-state index in [0.29, 0.717) is 11.6 Å². The molecule has 2 aromatic rings. The molecule has 0 radical (unpaired) electrons. The van der Waals surface area contributed by atoms with Gasteiger partial charge >= 0.3 is 6.01 Å². The van der Waals surface area contributed by atoms with Gasteiger partial charge in [0.1, 0.15) is 5.82 Å². The highest BCUT2D eigenvalue weighted by Gasteiger charge is 1.98. The van der Waals surface area contributed by atoms with Crippen LogP contribution in [0.25, 0.3) is 0 Å². The number of hydrogen-bond donors (Lipinski definition) is 2. The van der Waals surface area contributed by atoms with Gasteiger partial charge in [-0.25, -0.2) is 14.5 Å². The van der Waals surface area contributed by atoms with Crippen molar-refractivity contribution in [3.8, 4) is 6.01 Å². The molecule has 2 rings (SSSR count). The van der Waals surface area contributed by atoms with Crippen molar-refractivity contribution in [1.82, 2.24) is 20.2 Å². The standard InChI is InChI=1S/C13H13FN4OS/c1-20-13-15-7-10(8-16-18-12(19)17-13)6-9-2-4-11(14)5-3-9/h2-5,7-8H,6H2,1H3,(H2,15,17,18,19). The van der Waals surface area contributed by atoms with E-state index >= 15 is 0 Å². The molecule has 104 valence electrons. The zero-order chi connectivity index (χ0) is 14.4. The van der Waals surface area contributed by atoms with Crippen molar-refractivity contribution in [2.24, 2.45) is 0 Å². The molecule has 1 aromatic carbocycles. The zero-order valence-corrected chi connectivity index (χ0v) is 11.6. The second kappa shape index (κ2) is 6.85. The molecule has 0 aliphatic heterocycles. The molecule has 5 nitrogen and oxygen atoms in total. The van der Waals surface area contributed by atoms with Crippen LogP contribution in [0.5, 0.6) is 6.01 Å². The number of rotatable bonds is 3. The third-order valence-electron chi connectivity index (χ3n) is 2.44. The van der Waals surface area contributed by atoms with Gasteiger partial charge in [0.05, 0.1) is 6.20 Å². The molecule has 20 heavy (non-hydrogen) atoms. The first-order valence-corrected chi connectivity index (χ1v) is 7.02. The topological polar surface area (TPSA) is 74.7 Å². The molecule has 0 bridgehead atoms. The minimum absolute atomic E-state index is 0.270. The van der Waals surface area contributed by atoms with Crippen molar-refractivity contribution in [1.29, 1.82) is 0 Å². The van der Waals surface area contributed by atoms with Gasteiger partial charge in [-0.05, 0) is 29.5 Å². The summed E-state index contributed by atoms with van der Waals surface area (Å²) in [5, 5.41) is 16.1. The van der Waals surface area contributed by atoms with E-state index in [1.54, 1.807) is 24.5 Å². The van der Waals surface area contributed by atoms with Crippen molar-refractivity contribution in [3.05, 3.63) is 53.6 Å². The maximum atomic E-state index is 12.9. The second-order valence-corrected chi connectivity index (χ2v) is 4.70. The first kappa shape index (κ1) is 14.3. The Kier molecular flexibility index (Phi) is 4.89. The fourth-order valence-electron chi connectivity index (χ4n) is 1.52. The highest BCUT2D eigenvalue weighted by Crippen LogP contribution is 2.10. The molecule has 0 saturated carbocycles. The van der Waals surface area contributed by atoms with Crippen LogP contribution in [0.1, 0.15) is 11.1 Å². The monoisotopic (exact) mass is 292 g/mol. The lowest BCUT2D eigenvalue weighted by Gasteiger charge is -1.98. The first-order chi connectivity index (χ1) is 9.67. The van der Waals surface area contributed by atoms with Crippen LogP contribution in [0, 0.1) is 5.82 Å². The Morgan fingerprint density at radius 3 is 2.65 bits per heavy atom. The lowest BCUT2D eigenvalue weighted by atomic mass is 10.1. The maximum Gasteiger partial charge on any atom is 0.310 e. The highest BCUT2D eigenvalue weighted by atomic mass is 32.2. The van der Waals surface area contributed by atoms with E-state index in [0.717, 1.165) is 11.1 Å². The molecular formula is C13H13FN4OS.